The summed E-state index contributed by atoms with van der Waals surface area (Å²) in [5.74, 6) is -0.238. The minimum atomic E-state index is -0.472. The van der Waals surface area contributed by atoms with Gasteiger partial charge in [0.05, 0.1) is 5.57 Å². The van der Waals surface area contributed by atoms with E-state index in [-0.39, 0.29) is 5.97 Å². The second kappa shape index (κ2) is 6.61. The minimum Gasteiger partial charge on any atom is -0.456 e. The first-order chi connectivity index (χ1) is 9.90. The summed E-state index contributed by atoms with van der Waals surface area (Å²) in [4.78, 5) is 12.4. The fourth-order valence-corrected chi connectivity index (χ4v) is 2.62. The smallest absolute Gasteiger partial charge is 0.338 e. The highest BCUT2D eigenvalue weighted by molar-refractivity contribution is 9.08. The maximum atomic E-state index is 12.4. The van der Waals surface area contributed by atoms with Gasteiger partial charge < -0.3 is 4.74 Å². The van der Waals surface area contributed by atoms with Crippen molar-refractivity contribution < 1.29 is 9.53 Å². The first kappa shape index (κ1) is 16.0. The van der Waals surface area contributed by atoms with E-state index in [1.165, 1.54) is 5.56 Å². The number of carbonyl (C=O) groups excluding carboxylic acids is 1. The highest BCUT2D eigenvalue weighted by Gasteiger charge is 2.24. The van der Waals surface area contributed by atoms with Crippen molar-refractivity contribution in [2.24, 2.45) is 0 Å². The van der Waals surface area contributed by atoms with Crippen LogP contribution in [0.3, 0.4) is 0 Å². The maximum Gasteiger partial charge on any atom is 0.338 e. The topological polar surface area (TPSA) is 26.3 Å². The molecule has 0 saturated carbocycles. The Morgan fingerprint density at radius 3 is 2.33 bits per heavy atom. The van der Waals surface area contributed by atoms with Gasteiger partial charge >= 0.3 is 5.97 Å². The van der Waals surface area contributed by atoms with Gasteiger partial charge in [0.2, 0.25) is 0 Å². The predicted molar refractivity (Wildman–Crippen MR) is 90.2 cm³/mol. The molecule has 0 aliphatic heterocycles. The fourth-order valence-electron chi connectivity index (χ4n) is 2.25. The molecule has 0 N–H and O–H groups in total. The highest BCUT2D eigenvalue weighted by atomic mass is 79.9. The zero-order chi connectivity index (χ0) is 15.5. The van der Waals surface area contributed by atoms with Gasteiger partial charge in [-0.05, 0) is 50.3 Å². The van der Waals surface area contributed by atoms with Gasteiger partial charge in [0.1, 0.15) is 5.60 Å². The summed E-state index contributed by atoms with van der Waals surface area (Å²) >= 11 is 3.45. The first-order valence-electron chi connectivity index (χ1n) is 7.20. The van der Waals surface area contributed by atoms with Crippen LogP contribution in [-0.2, 0) is 14.9 Å². The number of allylic oxidation sites excluding steroid dienone is 2. The van der Waals surface area contributed by atoms with E-state index < -0.39 is 5.60 Å². The monoisotopic (exact) mass is 348 g/mol. The Hall–Kier alpha value is -1.35. The van der Waals surface area contributed by atoms with E-state index >= 15 is 0 Å². The van der Waals surface area contributed by atoms with E-state index in [4.69, 9.17) is 4.74 Å². The number of esters is 1. The lowest BCUT2D eigenvalue weighted by molar-refractivity contribution is -0.149. The average Bonchev–Trinajstić information content (AvgIpc) is 2.45. The van der Waals surface area contributed by atoms with Crippen LogP contribution in [0.25, 0.3) is 5.57 Å². The molecule has 1 aliphatic carbocycles. The summed E-state index contributed by atoms with van der Waals surface area (Å²) in [6, 6.07) is 8.27. The minimum absolute atomic E-state index is 0.238. The van der Waals surface area contributed by atoms with Gasteiger partial charge in [-0.1, -0.05) is 52.3 Å². The third-order valence-electron chi connectivity index (χ3n) is 3.19. The van der Waals surface area contributed by atoms with Crippen molar-refractivity contribution in [2.75, 3.05) is 0 Å². The molecule has 0 spiro atoms. The fraction of sp³-hybridized carbons (Fsp3) is 0.389. The molecule has 0 atom stereocenters. The lowest BCUT2D eigenvalue weighted by Gasteiger charge is -2.23. The van der Waals surface area contributed by atoms with Gasteiger partial charge in [-0.2, -0.15) is 0 Å². The second-order valence-corrected chi connectivity index (χ2v) is 6.71. The van der Waals surface area contributed by atoms with E-state index in [1.54, 1.807) is 0 Å². The molecule has 0 heterocycles. The largest absolute Gasteiger partial charge is 0.456 e. The summed E-state index contributed by atoms with van der Waals surface area (Å²) in [5, 5.41) is 0.834. The van der Waals surface area contributed by atoms with Crippen molar-refractivity contribution in [1.29, 1.82) is 0 Å². The summed E-state index contributed by atoms with van der Waals surface area (Å²) < 4.78 is 5.52. The number of alkyl halides is 1. The van der Waals surface area contributed by atoms with Crippen LogP contribution in [0.15, 0.2) is 42.0 Å². The number of carbonyl (C=O) groups is 1. The first-order valence-corrected chi connectivity index (χ1v) is 8.32. The number of hydrogen-bond acceptors (Lipinski definition) is 2. The van der Waals surface area contributed by atoms with Crippen LogP contribution < -0.4 is 0 Å². The van der Waals surface area contributed by atoms with Crippen LogP contribution in [-0.4, -0.2) is 11.6 Å². The molecule has 1 aliphatic rings. The van der Waals surface area contributed by atoms with E-state index in [9.17, 15) is 4.79 Å². The molecule has 3 heteroatoms. The molecule has 2 rings (SSSR count). The molecule has 0 unspecified atom stereocenters. The van der Waals surface area contributed by atoms with E-state index in [0.29, 0.717) is 5.57 Å². The Morgan fingerprint density at radius 2 is 1.76 bits per heavy atom. The van der Waals surface area contributed by atoms with Crippen LogP contribution >= 0.6 is 15.9 Å². The van der Waals surface area contributed by atoms with Crippen molar-refractivity contribution >= 4 is 27.5 Å². The molecule has 1 aromatic carbocycles. The second-order valence-electron chi connectivity index (χ2n) is 6.15. The van der Waals surface area contributed by atoms with Crippen LogP contribution in [0, 0.1) is 0 Å². The van der Waals surface area contributed by atoms with Crippen LogP contribution in [0.5, 0.6) is 0 Å². The molecule has 112 valence electrons. The normalized spacial score (nSPS) is 15.2. The van der Waals surface area contributed by atoms with Gasteiger partial charge in [-0.15, -0.1) is 0 Å². The molecular weight excluding hydrogens is 328 g/mol. The van der Waals surface area contributed by atoms with Crippen molar-refractivity contribution in [3.8, 4) is 0 Å². The number of hydrogen-bond donors (Lipinski definition) is 0. The summed E-state index contributed by atoms with van der Waals surface area (Å²) in [7, 11) is 0. The Labute approximate surface area is 135 Å². The van der Waals surface area contributed by atoms with E-state index in [2.05, 4.69) is 46.3 Å². The average molecular weight is 349 g/mol. The Balaban J connectivity index is 2.26. The number of rotatable bonds is 3. The Morgan fingerprint density at radius 1 is 1.14 bits per heavy atom. The molecule has 0 aromatic heterocycles. The zero-order valence-electron chi connectivity index (χ0n) is 12.8. The van der Waals surface area contributed by atoms with Gasteiger partial charge in [0.15, 0.2) is 0 Å². The van der Waals surface area contributed by atoms with Gasteiger partial charge in [-0.25, -0.2) is 4.79 Å². The summed E-state index contributed by atoms with van der Waals surface area (Å²) in [5.41, 5.74) is 3.48. The predicted octanol–water partition coefficient (Wildman–Crippen LogP) is 5.03. The number of ether oxygens (including phenoxy) is 1. The van der Waals surface area contributed by atoms with E-state index in [0.717, 1.165) is 29.3 Å². The Kier molecular flexibility index (Phi) is 5.04. The summed E-state index contributed by atoms with van der Waals surface area (Å²) in [6.45, 7) is 5.67. The molecule has 2 nitrogen and oxygen atoms in total. The third kappa shape index (κ3) is 4.31. The lowest BCUT2D eigenvalue weighted by Crippen LogP contribution is -2.25. The van der Waals surface area contributed by atoms with Crippen LogP contribution in [0.1, 0.15) is 44.7 Å². The quantitative estimate of drug-likeness (QED) is 0.565. The molecule has 0 bridgehead atoms. The highest BCUT2D eigenvalue weighted by Crippen LogP contribution is 2.30. The third-order valence-corrected chi connectivity index (χ3v) is 3.84. The summed E-state index contributed by atoms with van der Waals surface area (Å²) in [6.07, 6.45) is 5.96. The van der Waals surface area contributed by atoms with Crippen LogP contribution in [0.2, 0.25) is 0 Å². The van der Waals surface area contributed by atoms with Gasteiger partial charge in [-0.3, -0.25) is 0 Å². The molecular formula is C18H21BrO2. The SMILES string of the molecule is CC(C)(C)OC(=O)C1=CCCC=C1c1ccc(CBr)cc1. The van der Waals surface area contributed by atoms with E-state index in [1.807, 2.05) is 26.8 Å². The maximum absolute atomic E-state index is 12.4. The lowest BCUT2D eigenvalue weighted by atomic mass is 9.91. The van der Waals surface area contributed by atoms with Crippen molar-refractivity contribution in [3.05, 3.63) is 53.1 Å². The molecule has 0 amide bonds. The zero-order valence-corrected chi connectivity index (χ0v) is 14.4. The molecule has 0 saturated heterocycles. The molecule has 1 aromatic rings. The van der Waals surface area contributed by atoms with Crippen LogP contribution in [0.4, 0.5) is 0 Å². The van der Waals surface area contributed by atoms with Gasteiger partial charge in [0.25, 0.3) is 0 Å². The molecule has 0 radical (unpaired) electrons. The Bertz CT molecular complexity index is 574. The van der Waals surface area contributed by atoms with Crippen molar-refractivity contribution in [1.82, 2.24) is 0 Å². The van der Waals surface area contributed by atoms with Gasteiger partial charge in [0, 0.05) is 5.33 Å². The number of halogens is 1. The standard InChI is InChI=1S/C18H21BrO2/c1-18(2,3)21-17(20)16-7-5-4-6-15(16)14-10-8-13(12-19)9-11-14/h6-11H,4-5,12H2,1-3H3. The van der Waals surface area contributed by atoms with Crippen molar-refractivity contribution in [2.45, 2.75) is 44.5 Å². The number of benzene rings is 1. The molecule has 0 fully saturated rings. The van der Waals surface area contributed by atoms with Crippen molar-refractivity contribution in [3.63, 3.8) is 0 Å². The molecule has 21 heavy (non-hydrogen) atoms.